The zero-order valence-corrected chi connectivity index (χ0v) is 12.6. The van der Waals surface area contributed by atoms with Crippen LogP contribution >= 0.6 is 0 Å². The fourth-order valence-electron chi connectivity index (χ4n) is 2.62. The Morgan fingerprint density at radius 2 is 1.83 bits per heavy atom. The number of aromatic nitrogens is 1. The summed E-state index contributed by atoms with van der Waals surface area (Å²) in [4.78, 5) is 27.3. The standard InChI is InChI=1S/C18H14FNO3/c1-10-15(18(22)23-2)20-16-12(17(10)21)8-9-13(19)14(16)11-6-4-3-5-7-11/h3-9H,1-2H3,(H,20,21). The van der Waals surface area contributed by atoms with E-state index in [1.807, 2.05) is 6.07 Å². The minimum Gasteiger partial charge on any atom is -0.464 e. The Morgan fingerprint density at radius 1 is 1.13 bits per heavy atom. The molecule has 0 aliphatic heterocycles. The van der Waals surface area contributed by atoms with Gasteiger partial charge in [0.05, 0.1) is 12.6 Å². The molecular formula is C18H14FNO3. The SMILES string of the molecule is COC(=O)c1[nH]c2c(-c3ccccc3)c(F)ccc2c(=O)c1C. The molecule has 3 aromatic rings. The van der Waals surface area contributed by atoms with Gasteiger partial charge in [0.25, 0.3) is 0 Å². The van der Waals surface area contributed by atoms with Gasteiger partial charge in [-0.1, -0.05) is 30.3 Å². The molecule has 1 heterocycles. The van der Waals surface area contributed by atoms with Crippen LogP contribution in [-0.2, 0) is 4.74 Å². The number of esters is 1. The van der Waals surface area contributed by atoms with Crippen molar-refractivity contribution in [3.05, 3.63) is 69.8 Å². The summed E-state index contributed by atoms with van der Waals surface area (Å²) in [5, 5.41) is 0.329. The molecule has 4 nitrogen and oxygen atoms in total. The Balaban J connectivity index is 2.46. The van der Waals surface area contributed by atoms with E-state index in [2.05, 4.69) is 4.98 Å². The third kappa shape index (κ3) is 2.40. The van der Waals surface area contributed by atoms with Crippen LogP contribution in [0.3, 0.4) is 0 Å². The molecule has 3 rings (SSSR count). The van der Waals surface area contributed by atoms with E-state index in [1.165, 1.54) is 26.2 Å². The molecule has 0 aliphatic carbocycles. The second-order valence-corrected chi connectivity index (χ2v) is 5.16. The minimum absolute atomic E-state index is 0.0350. The Kier molecular flexibility index (Phi) is 3.70. The Hall–Kier alpha value is -2.95. The first kappa shape index (κ1) is 15.0. The van der Waals surface area contributed by atoms with Crippen LogP contribution in [0.4, 0.5) is 4.39 Å². The number of hydrogen-bond donors (Lipinski definition) is 1. The third-order valence-corrected chi connectivity index (χ3v) is 3.82. The summed E-state index contributed by atoms with van der Waals surface area (Å²) in [6.07, 6.45) is 0. The number of pyridine rings is 1. The number of rotatable bonds is 2. The first-order valence-electron chi connectivity index (χ1n) is 7.03. The Morgan fingerprint density at radius 3 is 2.48 bits per heavy atom. The molecule has 0 fully saturated rings. The number of fused-ring (bicyclic) bond motifs is 1. The average Bonchev–Trinajstić information content (AvgIpc) is 2.58. The molecule has 0 atom stereocenters. The van der Waals surface area contributed by atoms with Crippen LogP contribution in [0.5, 0.6) is 0 Å². The van der Waals surface area contributed by atoms with Gasteiger partial charge in [0.15, 0.2) is 5.43 Å². The summed E-state index contributed by atoms with van der Waals surface area (Å²) >= 11 is 0. The van der Waals surface area contributed by atoms with Crippen LogP contribution in [0.1, 0.15) is 16.1 Å². The van der Waals surface area contributed by atoms with Gasteiger partial charge in [-0.2, -0.15) is 0 Å². The molecular weight excluding hydrogens is 297 g/mol. The predicted octanol–water partition coefficient (Wildman–Crippen LogP) is 3.43. The number of aromatic amines is 1. The van der Waals surface area contributed by atoms with Crippen molar-refractivity contribution in [1.29, 1.82) is 0 Å². The topological polar surface area (TPSA) is 59.2 Å². The lowest BCUT2D eigenvalue weighted by Crippen LogP contribution is -2.17. The number of methoxy groups -OCH3 is 1. The quantitative estimate of drug-likeness (QED) is 0.738. The third-order valence-electron chi connectivity index (χ3n) is 3.82. The van der Waals surface area contributed by atoms with Crippen LogP contribution in [0.25, 0.3) is 22.0 Å². The fourth-order valence-corrected chi connectivity index (χ4v) is 2.62. The van der Waals surface area contributed by atoms with E-state index in [0.717, 1.165) is 0 Å². The largest absolute Gasteiger partial charge is 0.464 e. The molecule has 0 amide bonds. The minimum atomic E-state index is -0.662. The van der Waals surface area contributed by atoms with E-state index in [4.69, 9.17) is 4.74 Å². The number of benzene rings is 2. The summed E-state index contributed by atoms with van der Waals surface area (Å²) < 4.78 is 19.1. The van der Waals surface area contributed by atoms with Crippen molar-refractivity contribution in [2.75, 3.05) is 7.11 Å². The molecule has 1 aromatic heterocycles. The molecule has 0 bridgehead atoms. The van der Waals surface area contributed by atoms with Gasteiger partial charge in [-0.25, -0.2) is 9.18 Å². The summed E-state index contributed by atoms with van der Waals surface area (Å²) in [6, 6.07) is 11.5. The van der Waals surface area contributed by atoms with Crippen molar-refractivity contribution >= 4 is 16.9 Å². The molecule has 1 N–H and O–H groups in total. The molecule has 0 unspecified atom stereocenters. The highest BCUT2D eigenvalue weighted by Crippen LogP contribution is 2.29. The van der Waals surface area contributed by atoms with Gasteiger partial charge in [-0.15, -0.1) is 0 Å². The van der Waals surface area contributed by atoms with Crippen molar-refractivity contribution in [3.8, 4) is 11.1 Å². The molecule has 23 heavy (non-hydrogen) atoms. The molecule has 0 saturated heterocycles. The van der Waals surface area contributed by atoms with E-state index in [1.54, 1.807) is 24.3 Å². The average molecular weight is 311 g/mol. The van der Waals surface area contributed by atoms with Crippen molar-refractivity contribution in [2.24, 2.45) is 0 Å². The number of nitrogens with one attached hydrogen (secondary N) is 1. The monoisotopic (exact) mass is 311 g/mol. The van der Waals surface area contributed by atoms with Crippen molar-refractivity contribution in [3.63, 3.8) is 0 Å². The van der Waals surface area contributed by atoms with E-state index in [-0.39, 0.29) is 27.8 Å². The van der Waals surface area contributed by atoms with E-state index < -0.39 is 11.8 Å². The summed E-state index contributed by atoms with van der Waals surface area (Å²) in [5.74, 6) is -1.14. The highest BCUT2D eigenvalue weighted by molar-refractivity contribution is 5.98. The maximum Gasteiger partial charge on any atom is 0.354 e. The van der Waals surface area contributed by atoms with E-state index in [0.29, 0.717) is 10.9 Å². The zero-order valence-electron chi connectivity index (χ0n) is 12.6. The summed E-state index contributed by atoms with van der Waals surface area (Å²) in [7, 11) is 1.23. The lowest BCUT2D eigenvalue weighted by atomic mass is 9.99. The number of carbonyl (C=O) groups excluding carboxylic acids is 1. The van der Waals surface area contributed by atoms with Crippen molar-refractivity contribution in [2.45, 2.75) is 6.92 Å². The number of hydrogen-bond acceptors (Lipinski definition) is 3. The lowest BCUT2D eigenvalue weighted by Gasteiger charge is -2.11. The maximum absolute atomic E-state index is 14.4. The number of halogens is 1. The van der Waals surface area contributed by atoms with Crippen LogP contribution in [0.2, 0.25) is 0 Å². The van der Waals surface area contributed by atoms with Crippen LogP contribution in [0, 0.1) is 12.7 Å². The van der Waals surface area contributed by atoms with Gasteiger partial charge in [0.2, 0.25) is 0 Å². The molecule has 2 aromatic carbocycles. The first-order valence-corrected chi connectivity index (χ1v) is 7.03. The smallest absolute Gasteiger partial charge is 0.354 e. The van der Waals surface area contributed by atoms with E-state index >= 15 is 0 Å². The predicted molar refractivity (Wildman–Crippen MR) is 86.0 cm³/mol. The Labute approximate surface area is 131 Å². The van der Waals surface area contributed by atoms with Gasteiger partial charge < -0.3 is 9.72 Å². The second kappa shape index (κ2) is 5.68. The fraction of sp³-hybridized carbons (Fsp3) is 0.111. The van der Waals surface area contributed by atoms with Gasteiger partial charge in [0.1, 0.15) is 11.5 Å². The van der Waals surface area contributed by atoms with Gasteiger partial charge in [-0.3, -0.25) is 4.79 Å². The van der Waals surface area contributed by atoms with Crippen LogP contribution in [-0.4, -0.2) is 18.1 Å². The molecule has 5 heteroatoms. The van der Waals surface area contributed by atoms with Crippen LogP contribution < -0.4 is 5.43 Å². The van der Waals surface area contributed by atoms with Gasteiger partial charge in [-0.05, 0) is 24.6 Å². The first-order chi connectivity index (χ1) is 11.0. The number of carbonyl (C=O) groups is 1. The van der Waals surface area contributed by atoms with Crippen molar-refractivity contribution in [1.82, 2.24) is 4.98 Å². The second-order valence-electron chi connectivity index (χ2n) is 5.16. The molecule has 0 radical (unpaired) electrons. The van der Waals surface area contributed by atoms with Crippen LogP contribution in [0.15, 0.2) is 47.3 Å². The molecule has 0 spiro atoms. The number of ether oxygens (including phenoxy) is 1. The Bertz CT molecular complexity index is 961. The van der Waals surface area contributed by atoms with Gasteiger partial charge in [0, 0.05) is 16.5 Å². The summed E-state index contributed by atoms with van der Waals surface area (Å²) in [5.41, 5.74) is 1.11. The molecule has 0 saturated carbocycles. The molecule has 116 valence electrons. The molecule has 0 aliphatic rings. The van der Waals surface area contributed by atoms with Crippen molar-refractivity contribution < 1.29 is 13.9 Å². The summed E-state index contributed by atoms with van der Waals surface area (Å²) in [6.45, 7) is 1.54. The zero-order chi connectivity index (χ0) is 16.6. The number of H-pyrrole nitrogens is 1. The maximum atomic E-state index is 14.4. The highest BCUT2D eigenvalue weighted by Gasteiger charge is 2.19. The van der Waals surface area contributed by atoms with E-state index in [9.17, 15) is 14.0 Å². The highest BCUT2D eigenvalue weighted by atomic mass is 19.1. The van der Waals surface area contributed by atoms with Gasteiger partial charge >= 0.3 is 5.97 Å². The lowest BCUT2D eigenvalue weighted by molar-refractivity contribution is 0.0593. The normalized spacial score (nSPS) is 10.7.